The van der Waals surface area contributed by atoms with Crippen molar-refractivity contribution in [3.8, 4) is 0 Å². The second-order valence-electron chi connectivity index (χ2n) is 6.39. The molecular weight excluding hydrogens is 445 g/mol. The predicted molar refractivity (Wildman–Crippen MR) is 118 cm³/mol. The zero-order valence-electron chi connectivity index (χ0n) is 15.4. The number of benzene rings is 1. The first kappa shape index (κ1) is 22.4. The molecule has 142 valence electrons. The standard InChI is InChI=1S/C19H31N3OS.HI/c1-3-16-10-12-17(13-11-16)22-19(20-4-2)21-14-15-24(23)18-8-6-5-7-9-18;/h5-9,16-17H,3-4,10-15H2,1-2H3,(H2,20,21,22);1H. The number of aliphatic imine (C=N–C) groups is 1. The molecule has 6 heteroatoms. The Bertz CT molecular complexity index is 531. The number of nitrogens with zero attached hydrogens (tertiary/aromatic N) is 1. The highest BCUT2D eigenvalue weighted by atomic mass is 127. The lowest BCUT2D eigenvalue weighted by Crippen LogP contribution is -2.45. The quantitative estimate of drug-likeness (QED) is 0.356. The maximum atomic E-state index is 12.2. The molecule has 0 heterocycles. The molecule has 0 spiro atoms. The molecule has 1 fully saturated rings. The van der Waals surface area contributed by atoms with Gasteiger partial charge >= 0.3 is 0 Å². The molecule has 1 aliphatic rings. The van der Waals surface area contributed by atoms with Gasteiger partial charge in [-0.3, -0.25) is 9.20 Å². The van der Waals surface area contributed by atoms with E-state index >= 15 is 0 Å². The van der Waals surface area contributed by atoms with Crippen LogP contribution in [0.4, 0.5) is 0 Å². The minimum Gasteiger partial charge on any atom is -0.357 e. The Morgan fingerprint density at radius 2 is 1.84 bits per heavy atom. The average molecular weight is 477 g/mol. The van der Waals surface area contributed by atoms with E-state index in [9.17, 15) is 4.21 Å². The van der Waals surface area contributed by atoms with Crippen molar-refractivity contribution in [2.24, 2.45) is 10.9 Å². The summed E-state index contributed by atoms with van der Waals surface area (Å²) in [6, 6.07) is 10.1. The van der Waals surface area contributed by atoms with E-state index in [-0.39, 0.29) is 24.0 Å². The van der Waals surface area contributed by atoms with Crippen LogP contribution in [0.15, 0.2) is 40.2 Å². The Balaban J connectivity index is 0.00000312. The third-order valence-electron chi connectivity index (χ3n) is 4.66. The van der Waals surface area contributed by atoms with Crippen molar-refractivity contribution in [2.45, 2.75) is 56.9 Å². The van der Waals surface area contributed by atoms with Gasteiger partial charge in [-0.05, 0) is 50.7 Å². The monoisotopic (exact) mass is 477 g/mol. The van der Waals surface area contributed by atoms with Gasteiger partial charge in [-0.1, -0.05) is 31.5 Å². The molecule has 1 unspecified atom stereocenters. The second kappa shape index (κ2) is 12.7. The number of nitrogens with one attached hydrogen (secondary N) is 2. The molecule has 1 saturated carbocycles. The van der Waals surface area contributed by atoms with Crippen molar-refractivity contribution in [1.29, 1.82) is 0 Å². The van der Waals surface area contributed by atoms with Crippen molar-refractivity contribution in [3.05, 3.63) is 30.3 Å². The number of rotatable bonds is 7. The highest BCUT2D eigenvalue weighted by Crippen LogP contribution is 2.26. The zero-order valence-corrected chi connectivity index (χ0v) is 18.5. The van der Waals surface area contributed by atoms with Gasteiger partial charge in [-0.25, -0.2) is 0 Å². The third-order valence-corrected chi connectivity index (χ3v) is 6.01. The summed E-state index contributed by atoms with van der Waals surface area (Å²) >= 11 is 0. The van der Waals surface area contributed by atoms with Gasteiger partial charge in [0.15, 0.2) is 5.96 Å². The molecule has 0 radical (unpaired) electrons. The number of guanidine groups is 1. The van der Waals surface area contributed by atoms with E-state index in [4.69, 9.17) is 0 Å². The average Bonchev–Trinajstić information content (AvgIpc) is 2.63. The normalized spacial score (nSPS) is 21.9. The molecule has 1 aliphatic carbocycles. The Labute approximate surface area is 172 Å². The van der Waals surface area contributed by atoms with Crippen LogP contribution in [0, 0.1) is 5.92 Å². The van der Waals surface area contributed by atoms with Crippen LogP contribution in [-0.2, 0) is 10.8 Å². The Morgan fingerprint density at radius 1 is 1.16 bits per heavy atom. The Kier molecular flexibility index (Phi) is 11.4. The van der Waals surface area contributed by atoms with Crippen molar-refractivity contribution in [3.63, 3.8) is 0 Å². The fraction of sp³-hybridized carbons (Fsp3) is 0.632. The van der Waals surface area contributed by atoms with E-state index in [0.717, 1.165) is 23.3 Å². The topological polar surface area (TPSA) is 53.5 Å². The van der Waals surface area contributed by atoms with Gasteiger partial charge in [0.2, 0.25) is 0 Å². The van der Waals surface area contributed by atoms with E-state index in [1.807, 2.05) is 30.3 Å². The largest absolute Gasteiger partial charge is 0.357 e. The second-order valence-corrected chi connectivity index (χ2v) is 7.96. The number of halogens is 1. The molecule has 4 nitrogen and oxygen atoms in total. The van der Waals surface area contributed by atoms with Crippen molar-refractivity contribution in [1.82, 2.24) is 10.6 Å². The lowest BCUT2D eigenvalue weighted by atomic mass is 9.84. The highest BCUT2D eigenvalue weighted by Gasteiger charge is 2.20. The molecular formula is C19H32IN3OS. The fourth-order valence-corrected chi connectivity index (χ4v) is 4.11. The van der Waals surface area contributed by atoms with E-state index in [2.05, 4.69) is 29.5 Å². The molecule has 1 aromatic carbocycles. The van der Waals surface area contributed by atoms with Crippen LogP contribution >= 0.6 is 24.0 Å². The smallest absolute Gasteiger partial charge is 0.191 e. The van der Waals surface area contributed by atoms with E-state index in [0.29, 0.717) is 18.3 Å². The minimum atomic E-state index is -0.979. The zero-order chi connectivity index (χ0) is 17.2. The van der Waals surface area contributed by atoms with Crippen LogP contribution in [0.3, 0.4) is 0 Å². The summed E-state index contributed by atoms with van der Waals surface area (Å²) in [5, 5.41) is 6.86. The van der Waals surface area contributed by atoms with Gasteiger partial charge in [-0.15, -0.1) is 24.0 Å². The summed E-state index contributed by atoms with van der Waals surface area (Å²) < 4.78 is 12.2. The first-order valence-electron chi connectivity index (χ1n) is 9.21. The maximum absolute atomic E-state index is 12.2. The Hall–Kier alpha value is -0.630. The lowest BCUT2D eigenvalue weighted by molar-refractivity contribution is 0.304. The molecule has 0 bridgehead atoms. The summed E-state index contributed by atoms with van der Waals surface area (Å²) in [4.78, 5) is 5.49. The number of hydrogen-bond acceptors (Lipinski definition) is 2. The van der Waals surface area contributed by atoms with Crippen LogP contribution < -0.4 is 10.6 Å². The molecule has 0 aliphatic heterocycles. The van der Waals surface area contributed by atoms with Crippen LogP contribution in [0.25, 0.3) is 0 Å². The Morgan fingerprint density at radius 3 is 2.44 bits per heavy atom. The van der Waals surface area contributed by atoms with Gasteiger partial charge in [0.25, 0.3) is 0 Å². The van der Waals surface area contributed by atoms with Crippen LogP contribution in [0.5, 0.6) is 0 Å². The summed E-state index contributed by atoms with van der Waals surface area (Å²) in [5.74, 6) is 2.32. The summed E-state index contributed by atoms with van der Waals surface area (Å²) in [6.45, 7) is 5.78. The van der Waals surface area contributed by atoms with E-state index in [1.54, 1.807) is 0 Å². The fourth-order valence-electron chi connectivity index (χ4n) is 3.16. The molecule has 25 heavy (non-hydrogen) atoms. The highest BCUT2D eigenvalue weighted by molar-refractivity contribution is 14.0. The molecule has 0 saturated heterocycles. The maximum Gasteiger partial charge on any atom is 0.191 e. The minimum absolute atomic E-state index is 0. The van der Waals surface area contributed by atoms with Crippen LogP contribution in [-0.4, -0.2) is 35.1 Å². The summed E-state index contributed by atoms with van der Waals surface area (Å²) in [7, 11) is -0.979. The predicted octanol–water partition coefficient (Wildman–Crippen LogP) is 3.94. The van der Waals surface area contributed by atoms with Crippen LogP contribution in [0.1, 0.15) is 46.0 Å². The van der Waals surface area contributed by atoms with Gasteiger partial charge < -0.3 is 10.6 Å². The summed E-state index contributed by atoms with van der Waals surface area (Å²) in [5.41, 5.74) is 0. The molecule has 0 amide bonds. The molecule has 2 rings (SSSR count). The van der Waals surface area contributed by atoms with Gasteiger partial charge in [0, 0.05) is 23.2 Å². The van der Waals surface area contributed by atoms with Gasteiger partial charge in [0.05, 0.1) is 17.3 Å². The van der Waals surface area contributed by atoms with Crippen molar-refractivity contribution < 1.29 is 4.21 Å². The molecule has 1 atom stereocenters. The lowest BCUT2D eigenvalue weighted by Gasteiger charge is -2.29. The van der Waals surface area contributed by atoms with E-state index in [1.165, 1.54) is 32.1 Å². The molecule has 2 N–H and O–H groups in total. The first-order valence-corrected chi connectivity index (χ1v) is 10.5. The summed E-state index contributed by atoms with van der Waals surface area (Å²) in [6.07, 6.45) is 6.36. The number of hydrogen-bond donors (Lipinski definition) is 2. The molecule has 0 aromatic heterocycles. The van der Waals surface area contributed by atoms with Gasteiger partial charge in [0.1, 0.15) is 0 Å². The van der Waals surface area contributed by atoms with Crippen LogP contribution in [0.2, 0.25) is 0 Å². The van der Waals surface area contributed by atoms with Crippen molar-refractivity contribution >= 4 is 40.7 Å². The SMILES string of the molecule is CCNC(=NCCS(=O)c1ccccc1)NC1CCC(CC)CC1.I. The third kappa shape index (κ3) is 8.07. The molecule has 1 aromatic rings. The van der Waals surface area contributed by atoms with E-state index < -0.39 is 10.8 Å². The van der Waals surface area contributed by atoms with Crippen molar-refractivity contribution in [2.75, 3.05) is 18.8 Å². The van der Waals surface area contributed by atoms with Gasteiger partial charge in [-0.2, -0.15) is 0 Å². The first-order chi connectivity index (χ1) is 11.7.